The van der Waals surface area contributed by atoms with E-state index in [4.69, 9.17) is 0 Å². The van der Waals surface area contributed by atoms with Crippen molar-refractivity contribution in [1.82, 2.24) is 9.21 Å². The Labute approximate surface area is 181 Å². The van der Waals surface area contributed by atoms with Crippen molar-refractivity contribution < 1.29 is 13.2 Å². The highest BCUT2D eigenvalue weighted by molar-refractivity contribution is 7.99. The minimum absolute atomic E-state index is 0.136. The number of amides is 1. The summed E-state index contributed by atoms with van der Waals surface area (Å²) in [6.07, 6.45) is 2.95. The van der Waals surface area contributed by atoms with E-state index >= 15 is 0 Å². The quantitative estimate of drug-likeness (QED) is 0.699. The van der Waals surface area contributed by atoms with Crippen LogP contribution >= 0.6 is 23.1 Å². The lowest BCUT2D eigenvalue weighted by Crippen LogP contribution is -2.41. The molecule has 2 aliphatic rings. The molecule has 2 aliphatic heterocycles. The van der Waals surface area contributed by atoms with Crippen LogP contribution in [0.1, 0.15) is 28.1 Å². The van der Waals surface area contributed by atoms with Crippen molar-refractivity contribution in [2.75, 3.05) is 37.7 Å². The highest BCUT2D eigenvalue weighted by atomic mass is 32.2. The van der Waals surface area contributed by atoms with Gasteiger partial charge in [0, 0.05) is 37.7 Å². The van der Waals surface area contributed by atoms with Gasteiger partial charge in [-0.05, 0) is 42.2 Å². The van der Waals surface area contributed by atoms with E-state index in [-0.39, 0.29) is 10.8 Å². The predicted octanol–water partition coefficient (Wildman–Crippen LogP) is 3.58. The fourth-order valence-electron chi connectivity index (χ4n) is 4.01. The molecule has 8 heteroatoms. The lowest BCUT2D eigenvalue weighted by Gasteiger charge is -2.32. The first-order valence-electron chi connectivity index (χ1n) is 10.0. The van der Waals surface area contributed by atoms with E-state index in [9.17, 15) is 13.2 Å². The summed E-state index contributed by atoms with van der Waals surface area (Å²) < 4.78 is 27.7. The number of thioether (sulfide) groups is 1. The first-order chi connectivity index (χ1) is 14.1. The fourth-order valence-corrected chi connectivity index (χ4v) is 7.95. The Kier molecular flexibility index (Phi) is 6.63. The van der Waals surface area contributed by atoms with Gasteiger partial charge in [0.25, 0.3) is 5.91 Å². The maximum atomic E-state index is 13.1. The monoisotopic (exact) mass is 450 g/mol. The van der Waals surface area contributed by atoms with E-state index in [1.807, 2.05) is 11.0 Å². The molecule has 156 valence electrons. The van der Waals surface area contributed by atoms with Crippen molar-refractivity contribution in [2.45, 2.75) is 24.2 Å². The summed E-state index contributed by atoms with van der Waals surface area (Å²) in [7, 11) is -3.60. The van der Waals surface area contributed by atoms with Crippen LogP contribution in [0.2, 0.25) is 0 Å². The molecule has 0 radical (unpaired) electrons. The van der Waals surface area contributed by atoms with Gasteiger partial charge in [-0.3, -0.25) is 4.79 Å². The van der Waals surface area contributed by atoms with Crippen molar-refractivity contribution in [1.29, 1.82) is 0 Å². The Morgan fingerprint density at radius 3 is 2.38 bits per heavy atom. The van der Waals surface area contributed by atoms with Crippen LogP contribution in [0.15, 0.2) is 46.7 Å². The van der Waals surface area contributed by atoms with Gasteiger partial charge in [-0.25, -0.2) is 8.42 Å². The molecule has 0 saturated carbocycles. The van der Waals surface area contributed by atoms with Crippen LogP contribution in [-0.4, -0.2) is 61.2 Å². The second-order valence-corrected chi connectivity index (χ2v) is 11.6. The fraction of sp³-hybridized carbons (Fsp3) is 0.476. The van der Waals surface area contributed by atoms with Crippen LogP contribution in [0, 0.1) is 5.92 Å². The second kappa shape index (κ2) is 9.20. The van der Waals surface area contributed by atoms with Gasteiger partial charge in [-0.2, -0.15) is 16.1 Å². The number of rotatable bonds is 5. The highest BCUT2D eigenvalue weighted by Crippen LogP contribution is 2.30. The summed E-state index contributed by atoms with van der Waals surface area (Å²) in [5, 5.41) is 1.72. The topological polar surface area (TPSA) is 57.7 Å². The van der Waals surface area contributed by atoms with E-state index in [0.29, 0.717) is 37.0 Å². The van der Waals surface area contributed by atoms with Crippen LogP contribution in [0.4, 0.5) is 0 Å². The Balaban J connectivity index is 1.42. The van der Waals surface area contributed by atoms with E-state index in [2.05, 4.69) is 24.3 Å². The normalized spacial score (nSPS) is 19.4. The van der Waals surface area contributed by atoms with Crippen molar-refractivity contribution in [3.05, 3.63) is 52.2 Å². The van der Waals surface area contributed by atoms with Gasteiger partial charge < -0.3 is 4.90 Å². The number of likely N-dealkylation sites (tertiary alicyclic amines) is 1. The third kappa shape index (κ3) is 4.71. The van der Waals surface area contributed by atoms with E-state index in [1.54, 1.807) is 23.2 Å². The molecule has 4 rings (SSSR count). The zero-order valence-electron chi connectivity index (χ0n) is 16.3. The van der Waals surface area contributed by atoms with Crippen LogP contribution in [0.5, 0.6) is 0 Å². The lowest BCUT2D eigenvalue weighted by molar-refractivity contribution is 0.0692. The minimum atomic E-state index is -3.60. The molecule has 3 heterocycles. The number of benzene rings is 1. The maximum absolute atomic E-state index is 13.1. The van der Waals surface area contributed by atoms with Gasteiger partial charge in [0.05, 0.1) is 0 Å². The second-order valence-electron chi connectivity index (χ2n) is 7.56. The van der Waals surface area contributed by atoms with Gasteiger partial charge in [0.15, 0.2) is 0 Å². The number of hydrogen-bond acceptors (Lipinski definition) is 5. The minimum Gasteiger partial charge on any atom is -0.338 e. The van der Waals surface area contributed by atoms with E-state index in [1.165, 1.54) is 21.2 Å². The zero-order valence-corrected chi connectivity index (χ0v) is 18.8. The number of carbonyl (C=O) groups excluding carboxylic acids is 1. The van der Waals surface area contributed by atoms with Crippen LogP contribution < -0.4 is 0 Å². The first-order valence-corrected chi connectivity index (χ1v) is 13.5. The molecule has 0 atom stereocenters. The molecule has 1 aromatic heterocycles. The maximum Gasteiger partial charge on any atom is 0.265 e. The summed E-state index contributed by atoms with van der Waals surface area (Å²) in [5.41, 5.74) is 1.34. The van der Waals surface area contributed by atoms with Crippen LogP contribution in [-0.2, 0) is 16.4 Å². The Morgan fingerprint density at radius 1 is 1.00 bits per heavy atom. The summed E-state index contributed by atoms with van der Waals surface area (Å²) in [5.74, 6) is 2.05. The average molecular weight is 451 g/mol. The van der Waals surface area contributed by atoms with Crippen LogP contribution in [0.25, 0.3) is 0 Å². The third-order valence-corrected chi connectivity index (χ3v) is 9.60. The molecular weight excluding hydrogens is 424 g/mol. The highest BCUT2D eigenvalue weighted by Gasteiger charge is 2.33. The third-order valence-electron chi connectivity index (χ3n) is 5.68. The van der Waals surface area contributed by atoms with Gasteiger partial charge in [0.2, 0.25) is 10.0 Å². The molecule has 2 aromatic rings. The Hall–Kier alpha value is -1.35. The van der Waals surface area contributed by atoms with Crippen LogP contribution in [0.3, 0.4) is 0 Å². The first kappa shape index (κ1) is 20.9. The smallest absolute Gasteiger partial charge is 0.265 e. The molecule has 5 nitrogen and oxygen atoms in total. The molecule has 2 saturated heterocycles. The lowest BCUT2D eigenvalue weighted by atomic mass is 9.90. The molecule has 0 N–H and O–H groups in total. The molecule has 0 bridgehead atoms. The molecule has 0 unspecified atom stereocenters. The molecule has 0 aliphatic carbocycles. The Bertz CT molecular complexity index is 929. The molecule has 1 aromatic carbocycles. The number of piperidine rings is 1. The van der Waals surface area contributed by atoms with Gasteiger partial charge >= 0.3 is 0 Å². The molecule has 1 amide bonds. The van der Waals surface area contributed by atoms with Gasteiger partial charge in [-0.15, -0.1) is 11.3 Å². The van der Waals surface area contributed by atoms with Gasteiger partial charge in [0.1, 0.15) is 9.77 Å². The summed E-state index contributed by atoms with van der Waals surface area (Å²) >= 11 is 3.01. The van der Waals surface area contributed by atoms with Crippen molar-refractivity contribution >= 4 is 39.0 Å². The van der Waals surface area contributed by atoms with Crippen molar-refractivity contribution in [3.8, 4) is 0 Å². The molecule has 29 heavy (non-hydrogen) atoms. The average Bonchev–Trinajstić information content (AvgIpc) is 3.26. The van der Waals surface area contributed by atoms with E-state index < -0.39 is 10.0 Å². The van der Waals surface area contributed by atoms with Crippen molar-refractivity contribution in [2.24, 2.45) is 5.92 Å². The Morgan fingerprint density at radius 2 is 1.69 bits per heavy atom. The number of hydrogen-bond donors (Lipinski definition) is 0. The summed E-state index contributed by atoms with van der Waals surface area (Å²) in [6, 6.07) is 12.1. The summed E-state index contributed by atoms with van der Waals surface area (Å²) in [4.78, 5) is 15.5. The van der Waals surface area contributed by atoms with Gasteiger partial charge in [-0.1, -0.05) is 30.3 Å². The molecule has 0 spiro atoms. The molecular formula is C21H26N2O3S3. The number of nitrogens with zero attached hydrogens (tertiary/aromatic N) is 2. The summed E-state index contributed by atoms with van der Waals surface area (Å²) in [6.45, 7) is 2.41. The zero-order chi connectivity index (χ0) is 20.3. The largest absolute Gasteiger partial charge is 0.338 e. The number of thiophene rings is 1. The van der Waals surface area contributed by atoms with Crippen molar-refractivity contribution in [3.63, 3.8) is 0 Å². The SMILES string of the molecule is O=C(c1sccc1S(=O)(=O)N1CCSCC1)N1CCC(Cc2ccccc2)CC1. The molecule has 2 fully saturated rings. The number of carbonyl (C=O) groups is 1. The van der Waals surface area contributed by atoms with E-state index in [0.717, 1.165) is 30.8 Å². The number of sulfonamides is 1. The standard InChI is InChI=1S/C21H26N2O3S3/c24-21(22-9-6-18(7-10-22)16-17-4-2-1-3-5-17)20-19(8-13-28-20)29(25,26)23-11-14-27-15-12-23/h1-5,8,13,18H,6-7,9-12,14-16H2. The predicted molar refractivity (Wildman–Crippen MR) is 119 cm³/mol.